The molecular weight excluding hydrogens is 346 g/mol. The molecular formula is C16H18BO7P. The molecule has 2 rings (SSSR count). The van der Waals surface area contributed by atoms with Crippen LogP contribution in [0, 0.1) is 0 Å². The van der Waals surface area contributed by atoms with E-state index in [1.807, 2.05) is 30.3 Å². The van der Waals surface area contributed by atoms with Crippen molar-refractivity contribution in [1.29, 1.82) is 0 Å². The van der Waals surface area contributed by atoms with Crippen LogP contribution in [0.3, 0.4) is 0 Å². The number of carbonyl (C=O) groups excluding carboxylic acids is 1. The lowest BCUT2D eigenvalue weighted by molar-refractivity contribution is 0.0600. The quantitative estimate of drug-likeness (QED) is 0.405. The molecule has 0 aliphatic rings. The van der Waals surface area contributed by atoms with Gasteiger partial charge in [0, 0.05) is 0 Å². The maximum atomic E-state index is 12.7. The smallest absolute Gasteiger partial charge is 0.493 e. The van der Waals surface area contributed by atoms with E-state index in [1.54, 1.807) is 0 Å². The van der Waals surface area contributed by atoms with Crippen molar-refractivity contribution in [1.82, 2.24) is 0 Å². The predicted octanol–water partition coefficient (Wildman–Crippen LogP) is 2.75. The molecule has 0 aliphatic carbocycles. The number of phosphoric acid groups is 1. The van der Waals surface area contributed by atoms with Crippen molar-refractivity contribution in [2.45, 2.75) is 6.61 Å². The third-order valence-electron chi connectivity index (χ3n) is 3.25. The fourth-order valence-electron chi connectivity index (χ4n) is 1.95. The van der Waals surface area contributed by atoms with Gasteiger partial charge < -0.3 is 18.4 Å². The molecule has 0 saturated carbocycles. The molecule has 0 bridgehead atoms. The van der Waals surface area contributed by atoms with Gasteiger partial charge in [0.1, 0.15) is 0 Å². The number of hydrogen-bond donors (Lipinski definition) is 0. The van der Waals surface area contributed by atoms with E-state index in [0.29, 0.717) is 0 Å². The Morgan fingerprint density at radius 2 is 1.80 bits per heavy atom. The zero-order valence-corrected chi connectivity index (χ0v) is 15.0. The van der Waals surface area contributed by atoms with Crippen molar-refractivity contribution in [3.8, 4) is 11.5 Å². The van der Waals surface area contributed by atoms with Gasteiger partial charge in [0.2, 0.25) is 0 Å². The third-order valence-corrected chi connectivity index (χ3v) is 4.56. The van der Waals surface area contributed by atoms with E-state index < -0.39 is 13.8 Å². The minimum absolute atomic E-state index is 0.0501. The first kappa shape index (κ1) is 19.1. The fraction of sp³-hybridized carbons (Fsp3) is 0.188. The summed E-state index contributed by atoms with van der Waals surface area (Å²) in [7, 11) is 0.0218. The molecule has 2 aromatic rings. The summed E-state index contributed by atoms with van der Waals surface area (Å²) < 4.78 is 38.1. The van der Waals surface area contributed by atoms with E-state index in [4.69, 9.17) is 18.2 Å². The summed E-state index contributed by atoms with van der Waals surface area (Å²) in [5.41, 5.74) is 1.08. The standard InChI is InChI=1S/C16H18BO7P/c1-20-15-10-13(16(18)21-2)8-9-14(15)23-25(19,24-17)22-11-12-6-4-3-5-7-12/h3-10H,11,17H2,1-2H3. The molecule has 0 aromatic heterocycles. The van der Waals surface area contributed by atoms with Crippen molar-refractivity contribution >= 4 is 21.8 Å². The summed E-state index contributed by atoms with van der Waals surface area (Å²) >= 11 is 0. The van der Waals surface area contributed by atoms with Gasteiger partial charge in [-0.1, -0.05) is 30.3 Å². The maximum Gasteiger partial charge on any atom is 0.515 e. The largest absolute Gasteiger partial charge is 0.515 e. The number of esters is 1. The highest BCUT2D eigenvalue weighted by Crippen LogP contribution is 2.51. The fourth-order valence-corrected chi connectivity index (χ4v) is 2.88. The summed E-state index contributed by atoms with van der Waals surface area (Å²) in [5, 5.41) is 0. The average Bonchev–Trinajstić information content (AvgIpc) is 2.67. The highest BCUT2D eigenvalue weighted by Gasteiger charge is 2.28. The molecule has 9 heteroatoms. The van der Waals surface area contributed by atoms with Gasteiger partial charge in [-0.15, -0.1) is 0 Å². The van der Waals surface area contributed by atoms with E-state index >= 15 is 0 Å². The number of carbonyl (C=O) groups is 1. The van der Waals surface area contributed by atoms with Crippen molar-refractivity contribution in [3.05, 3.63) is 59.7 Å². The summed E-state index contributed by atoms with van der Waals surface area (Å²) in [6.45, 7) is 0.0501. The lowest BCUT2D eigenvalue weighted by Crippen LogP contribution is -2.05. The molecule has 2 aromatic carbocycles. The minimum Gasteiger partial charge on any atom is -0.493 e. The first-order valence-corrected chi connectivity index (χ1v) is 8.77. The first-order chi connectivity index (χ1) is 12.0. The van der Waals surface area contributed by atoms with Crippen LogP contribution in [0.15, 0.2) is 48.5 Å². The summed E-state index contributed by atoms with van der Waals surface area (Å²) in [6, 6.07) is 13.5. The van der Waals surface area contributed by atoms with E-state index in [2.05, 4.69) is 4.74 Å². The number of phosphoric ester groups is 1. The van der Waals surface area contributed by atoms with E-state index in [1.165, 1.54) is 40.5 Å². The van der Waals surface area contributed by atoms with Gasteiger partial charge in [-0.25, -0.2) is 9.36 Å². The molecule has 0 spiro atoms. The van der Waals surface area contributed by atoms with Crippen LogP contribution < -0.4 is 9.26 Å². The normalized spacial score (nSPS) is 12.9. The average molecular weight is 364 g/mol. The van der Waals surface area contributed by atoms with Crippen LogP contribution >= 0.6 is 7.82 Å². The molecule has 0 amide bonds. The number of hydrogen-bond acceptors (Lipinski definition) is 7. The van der Waals surface area contributed by atoms with Crippen LogP contribution in [0.25, 0.3) is 0 Å². The number of rotatable bonds is 8. The predicted molar refractivity (Wildman–Crippen MR) is 93.4 cm³/mol. The van der Waals surface area contributed by atoms with Crippen molar-refractivity contribution < 1.29 is 32.3 Å². The van der Waals surface area contributed by atoms with Crippen LogP contribution in [0.5, 0.6) is 11.5 Å². The molecule has 1 unspecified atom stereocenters. The Morgan fingerprint density at radius 3 is 2.40 bits per heavy atom. The van der Waals surface area contributed by atoms with Crippen LogP contribution in [0.1, 0.15) is 15.9 Å². The lowest BCUT2D eigenvalue weighted by atomic mass is 10.2. The van der Waals surface area contributed by atoms with Gasteiger partial charge in [-0.2, -0.15) is 0 Å². The molecule has 0 aliphatic heterocycles. The SMILES string of the molecule is BOP(=O)(OCc1ccccc1)Oc1ccc(C(=O)OC)cc1OC. The summed E-state index contributed by atoms with van der Waals surface area (Å²) in [4.78, 5) is 11.6. The maximum absolute atomic E-state index is 12.7. The van der Waals surface area contributed by atoms with Gasteiger partial charge in [-0.3, -0.25) is 4.52 Å². The Kier molecular flexibility index (Phi) is 6.64. The van der Waals surface area contributed by atoms with Gasteiger partial charge in [0.15, 0.2) is 11.5 Å². The monoisotopic (exact) mass is 364 g/mol. The molecule has 25 heavy (non-hydrogen) atoms. The van der Waals surface area contributed by atoms with Gasteiger partial charge >= 0.3 is 13.8 Å². The van der Waals surface area contributed by atoms with Crippen LogP contribution in [0.4, 0.5) is 0 Å². The molecule has 0 fully saturated rings. The number of ether oxygens (including phenoxy) is 2. The molecule has 0 heterocycles. The van der Waals surface area contributed by atoms with Crippen molar-refractivity contribution in [2.24, 2.45) is 0 Å². The zero-order valence-electron chi connectivity index (χ0n) is 14.1. The second kappa shape index (κ2) is 8.71. The highest BCUT2D eigenvalue weighted by atomic mass is 31.2. The van der Waals surface area contributed by atoms with Crippen molar-refractivity contribution in [2.75, 3.05) is 14.2 Å². The van der Waals surface area contributed by atoms with Gasteiger partial charge in [-0.05, 0) is 23.8 Å². The Balaban J connectivity index is 2.16. The van der Waals surface area contributed by atoms with Crippen LogP contribution in [0.2, 0.25) is 0 Å². The van der Waals surface area contributed by atoms with Gasteiger partial charge in [0.25, 0.3) is 8.05 Å². The van der Waals surface area contributed by atoms with Crippen LogP contribution in [-0.2, 0) is 24.9 Å². The van der Waals surface area contributed by atoms with E-state index in [0.717, 1.165) is 5.56 Å². The molecule has 0 N–H and O–H groups in total. The number of methoxy groups -OCH3 is 2. The molecule has 0 radical (unpaired) electrons. The van der Waals surface area contributed by atoms with E-state index in [-0.39, 0.29) is 23.7 Å². The summed E-state index contributed by atoms with van der Waals surface area (Å²) in [5.74, 6) is -0.211. The third kappa shape index (κ3) is 5.10. The Bertz CT molecular complexity index is 766. The Morgan fingerprint density at radius 1 is 1.08 bits per heavy atom. The Hall–Kier alpha value is -2.28. The molecule has 7 nitrogen and oxygen atoms in total. The van der Waals surface area contributed by atoms with E-state index in [9.17, 15) is 9.36 Å². The summed E-state index contributed by atoms with van der Waals surface area (Å²) in [6.07, 6.45) is 0. The molecule has 132 valence electrons. The number of benzene rings is 2. The molecule has 0 saturated heterocycles. The van der Waals surface area contributed by atoms with Crippen molar-refractivity contribution in [3.63, 3.8) is 0 Å². The molecule has 1 atom stereocenters. The second-order valence-electron chi connectivity index (χ2n) is 4.84. The highest BCUT2D eigenvalue weighted by molar-refractivity contribution is 7.49. The minimum atomic E-state index is -3.87. The Labute approximate surface area is 146 Å². The zero-order chi connectivity index (χ0) is 18.3. The van der Waals surface area contributed by atoms with Crippen LogP contribution in [-0.4, -0.2) is 28.2 Å². The first-order valence-electron chi connectivity index (χ1n) is 7.31. The second-order valence-corrected chi connectivity index (χ2v) is 6.54. The topological polar surface area (TPSA) is 80.3 Å². The van der Waals surface area contributed by atoms with Gasteiger partial charge in [0.05, 0.1) is 26.4 Å². The lowest BCUT2D eigenvalue weighted by Gasteiger charge is -2.19.